The normalized spacial score (nSPS) is 23.9. The summed E-state index contributed by atoms with van der Waals surface area (Å²) < 4.78 is 7.40. The highest BCUT2D eigenvalue weighted by Crippen LogP contribution is 2.18. The molecule has 6 heteroatoms. The highest BCUT2D eigenvalue weighted by molar-refractivity contribution is 9.09. The fourth-order valence-corrected chi connectivity index (χ4v) is 2.62. The molecule has 0 spiro atoms. The molecule has 2 unspecified atom stereocenters. The average molecular weight is 330 g/mol. The van der Waals surface area contributed by atoms with E-state index in [4.69, 9.17) is 4.74 Å². The Morgan fingerprint density at radius 2 is 2.32 bits per heavy atom. The summed E-state index contributed by atoms with van der Waals surface area (Å²) in [6.07, 6.45) is 3.54. The molecule has 1 fully saturated rings. The number of alkyl halides is 1. The molecule has 5 nitrogen and oxygen atoms in total. The second-order valence-electron chi connectivity index (χ2n) is 5.17. The second-order valence-corrected chi connectivity index (χ2v) is 5.82. The number of halogens is 1. The molecule has 1 aliphatic rings. The lowest BCUT2D eigenvalue weighted by molar-refractivity contribution is 0.0375. The van der Waals surface area contributed by atoms with E-state index in [0.29, 0.717) is 19.0 Å². The van der Waals surface area contributed by atoms with E-state index in [1.165, 1.54) is 0 Å². The van der Waals surface area contributed by atoms with Crippen molar-refractivity contribution in [3.8, 4) is 0 Å². The van der Waals surface area contributed by atoms with Gasteiger partial charge in [0.05, 0.1) is 18.8 Å². The molecule has 0 amide bonds. The number of rotatable bonds is 3. The SMILES string of the molecule is CC1COC(CBr)CN1c1nccn(C(C)C)c1=O. The predicted molar refractivity (Wildman–Crippen MR) is 79.2 cm³/mol. The Kier molecular flexibility index (Phi) is 4.62. The van der Waals surface area contributed by atoms with Crippen LogP contribution < -0.4 is 10.5 Å². The van der Waals surface area contributed by atoms with Crippen molar-refractivity contribution in [3.05, 3.63) is 22.7 Å². The van der Waals surface area contributed by atoms with E-state index in [0.717, 1.165) is 5.33 Å². The Bertz CT molecular complexity index is 489. The van der Waals surface area contributed by atoms with Gasteiger partial charge in [-0.1, -0.05) is 15.9 Å². The zero-order valence-corrected chi connectivity index (χ0v) is 13.1. The summed E-state index contributed by atoms with van der Waals surface area (Å²) in [4.78, 5) is 18.8. The summed E-state index contributed by atoms with van der Waals surface area (Å²) in [7, 11) is 0. The largest absolute Gasteiger partial charge is 0.373 e. The van der Waals surface area contributed by atoms with E-state index < -0.39 is 0 Å². The molecule has 0 bridgehead atoms. The third kappa shape index (κ3) is 3.00. The maximum atomic E-state index is 12.5. The van der Waals surface area contributed by atoms with E-state index in [1.54, 1.807) is 17.0 Å². The van der Waals surface area contributed by atoms with Crippen LogP contribution in [0.1, 0.15) is 26.8 Å². The van der Waals surface area contributed by atoms with Gasteiger partial charge >= 0.3 is 0 Å². The molecule has 0 aromatic carbocycles. The molecule has 19 heavy (non-hydrogen) atoms. The Hall–Kier alpha value is -0.880. The summed E-state index contributed by atoms with van der Waals surface area (Å²) in [6.45, 7) is 7.35. The van der Waals surface area contributed by atoms with E-state index in [2.05, 4.69) is 32.7 Å². The second kappa shape index (κ2) is 6.05. The van der Waals surface area contributed by atoms with Crippen LogP contribution in [0, 0.1) is 0 Å². The van der Waals surface area contributed by atoms with Crippen LogP contribution in [-0.2, 0) is 4.74 Å². The maximum Gasteiger partial charge on any atom is 0.293 e. The highest BCUT2D eigenvalue weighted by Gasteiger charge is 2.28. The van der Waals surface area contributed by atoms with Gasteiger partial charge in [0.15, 0.2) is 5.82 Å². The Labute approximate surface area is 121 Å². The van der Waals surface area contributed by atoms with Gasteiger partial charge in [0.25, 0.3) is 5.56 Å². The van der Waals surface area contributed by atoms with Gasteiger partial charge in [-0.15, -0.1) is 0 Å². The van der Waals surface area contributed by atoms with Gasteiger partial charge < -0.3 is 14.2 Å². The summed E-state index contributed by atoms with van der Waals surface area (Å²) >= 11 is 3.43. The molecule has 2 atom stereocenters. The molecule has 0 N–H and O–H groups in total. The number of nitrogens with zero attached hydrogens (tertiary/aromatic N) is 3. The van der Waals surface area contributed by atoms with Crippen LogP contribution in [0.3, 0.4) is 0 Å². The Balaban J connectivity index is 2.35. The van der Waals surface area contributed by atoms with E-state index in [-0.39, 0.29) is 23.7 Å². The quantitative estimate of drug-likeness (QED) is 0.793. The number of hydrogen-bond acceptors (Lipinski definition) is 4. The zero-order chi connectivity index (χ0) is 14.0. The first-order chi connectivity index (χ1) is 9.04. The lowest BCUT2D eigenvalue weighted by atomic mass is 10.2. The summed E-state index contributed by atoms with van der Waals surface area (Å²) in [5.74, 6) is 0.526. The molecule has 106 valence electrons. The molecular weight excluding hydrogens is 310 g/mol. The van der Waals surface area contributed by atoms with Gasteiger partial charge in [0, 0.05) is 30.3 Å². The number of ether oxygens (including phenoxy) is 1. The van der Waals surface area contributed by atoms with Crippen LogP contribution in [0.2, 0.25) is 0 Å². The molecule has 0 radical (unpaired) electrons. The van der Waals surface area contributed by atoms with Gasteiger partial charge in [0.2, 0.25) is 0 Å². The van der Waals surface area contributed by atoms with Crippen LogP contribution in [0.5, 0.6) is 0 Å². The van der Waals surface area contributed by atoms with Crippen LogP contribution in [0.25, 0.3) is 0 Å². The maximum absolute atomic E-state index is 12.5. The van der Waals surface area contributed by atoms with Gasteiger partial charge in [-0.05, 0) is 20.8 Å². The van der Waals surface area contributed by atoms with Crippen molar-refractivity contribution in [1.29, 1.82) is 0 Å². The number of morpholine rings is 1. The van der Waals surface area contributed by atoms with Crippen LogP contribution in [0.15, 0.2) is 17.2 Å². The minimum Gasteiger partial charge on any atom is -0.373 e. The molecular formula is C13H20BrN3O2. The van der Waals surface area contributed by atoms with Crippen LogP contribution in [-0.4, -0.2) is 40.2 Å². The van der Waals surface area contributed by atoms with Crippen molar-refractivity contribution in [3.63, 3.8) is 0 Å². The average Bonchev–Trinajstić information content (AvgIpc) is 2.39. The van der Waals surface area contributed by atoms with Crippen molar-refractivity contribution in [2.45, 2.75) is 39.0 Å². The van der Waals surface area contributed by atoms with Crippen molar-refractivity contribution in [2.75, 3.05) is 23.4 Å². The topological polar surface area (TPSA) is 47.4 Å². The monoisotopic (exact) mass is 329 g/mol. The van der Waals surface area contributed by atoms with Crippen molar-refractivity contribution >= 4 is 21.7 Å². The number of aromatic nitrogens is 2. The first kappa shape index (κ1) is 14.5. The van der Waals surface area contributed by atoms with Gasteiger partial charge in [-0.3, -0.25) is 4.79 Å². The third-order valence-corrected chi connectivity index (χ3v) is 4.08. The number of hydrogen-bond donors (Lipinski definition) is 0. The van der Waals surface area contributed by atoms with Gasteiger partial charge in [-0.2, -0.15) is 0 Å². The summed E-state index contributed by atoms with van der Waals surface area (Å²) in [5.41, 5.74) is -0.0282. The summed E-state index contributed by atoms with van der Waals surface area (Å²) in [6, 6.07) is 0.302. The van der Waals surface area contributed by atoms with Crippen molar-refractivity contribution in [2.24, 2.45) is 0 Å². The van der Waals surface area contributed by atoms with E-state index >= 15 is 0 Å². The van der Waals surface area contributed by atoms with Crippen molar-refractivity contribution in [1.82, 2.24) is 9.55 Å². The Morgan fingerprint density at radius 3 is 2.95 bits per heavy atom. The number of anilines is 1. The van der Waals surface area contributed by atoms with Crippen LogP contribution in [0.4, 0.5) is 5.82 Å². The molecule has 0 aliphatic carbocycles. The lowest BCUT2D eigenvalue weighted by Crippen LogP contribution is -2.51. The molecule has 0 saturated carbocycles. The first-order valence-electron chi connectivity index (χ1n) is 6.56. The molecule has 1 aromatic rings. The fraction of sp³-hybridized carbons (Fsp3) is 0.692. The lowest BCUT2D eigenvalue weighted by Gasteiger charge is -2.38. The zero-order valence-electron chi connectivity index (χ0n) is 11.5. The fourth-order valence-electron chi connectivity index (χ4n) is 2.22. The molecule has 2 rings (SSSR count). The van der Waals surface area contributed by atoms with Crippen LogP contribution >= 0.6 is 15.9 Å². The highest BCUT2D eigenvalue weighted by atomic mass is 79.9. The van der Waals surface area contributed by atoms with Gasteiger partial charge in [-0.25, -0.2) is 4.98 Å². The smallest absolute Gasteiger partial charge is 0.293 e. The first-order valence-corrected chi connectivity index (χ1v) is 7.68. The Morgan fingerprint density at radius 1 is 1.58 bits per heavy atom. The molecule has 1 aliphatic heterocycles. The standard InChI is InChI=1S/C13H20BrN3O2/c1-9(2)16-5-4-15-12(13(16)18)17-7-11(6-14)19-8-10(17)3/h4-5,9-11H,6-8H2,1-3H3. The van der Waals surface area contributed by atoms with Gasteiger partial charge in [0.1, 0.15) is 0 Å². The molecule has 1 aromatic heterocycles. The molecule has 2 heterocycles. The summed E-state index contributed by atoms with van der Waals surface area (Å²) in [5, 5.41) is 0.765. The predicted octanol–water partition coefficient (Wildman–Crippen LogP) is 1.81. The minimum atomic E-state index is -0.0282. The van der Waals surface area contributed by atoms with Crippen molar-refractivity contribution < 1.29 is 4.74 Å². The third-order valence-electron chi connectivity index (χ3n) is 3.36. The van der Waals surface area contributed by atoms with E-state index in [1.807, 2.05) is 13.8 Å². The molecule has 1 saturated heterocycles. The minimum absolute atomic E-state index is 0.0282. The van der Waals surface area contributed by atoms with E-state index in [9.17, 15) is 4.79 Å².